The number of aromatic nitrogens is 1. The van der Waals surface area contributed by atoms with E-state index in [0.717, 1.165) is 47.3 Å². The van der Waals surface area contributed by atoms with Crippen LogP contribution in [0.4, 0.5) is 5.69 Å². The topological polar surface area (TPSA) is 34.1 Å². The summed E-state index contributed by atoms with van der Waals surface area (Å²) in [5.41, 5.74) is 3.15. The van der Waals surface area contributed by atoms with Gasteiger partial charge >= 0.3 is 0 Å². The van der Waals surface area contributed by atoms with E-state index in [1.54, 1.807) is 7.11 Å². The lowest BCUT2D eigenvalue weighted by Gasteiger charge is -2.20. The van der Waals surface area contributed by atoms with Gasteiger partial charge in [0.2, 0.25) is 0 Å². The molecule has 0 amide bonds. The Morgan fingerprint density at radius 1 is 1.41 bits per heavy atom. The number of rotatable bonds is 1. The highest BCUT2D eigenvalue weighted by atomic mass is 35.5. The summed E-state index contributed by atoms with van der Waals surface area (Å²) in [4.78, 5) is 4.44. The maximum absolute atomic E-state index is 6.22. The van der Waals surface area contributed by atoms with E-state index in [1.807, 2.05) is 18.2 Å². The van der Waals surface area contributed by atoms with Crippen LogP contribution in [-0.2, 0) is 6.42 Å². The molecule has 0 atom stereocenters. The fourth-order valence-electron chi connectivity index (χ4n) is 2.29. The molecule has 2 heterocycles. The number of nitrogens with one attached hydrogen (secondary N) is 1. The molecule has 0 aliphatic carbocycles. The fraction of sp³-hybridized carbons (Fsp3) is 0.308. The molecular weight excluding hydrogens is 236 g/mol. The zero-order valence-corrected chi connectivity index (χ0v) is 10.3. The summed E-state index contributed by atoms with van der Waals surface area (Å²) in [6, 6.07) is 5.90. The molecular formula is C13H13ClN2O. The first kappa shape index (κ1) is 10.7. The van der Waals surface area contributed by atoms with Crippen LogP contribution in [0.25, 0.3) is 10.9 Å². The first-order valence-corrected chi connectivity index (χ1v) is 6.07. The maximum atomic E-state index is 6.22. The highest BCUT2D eigenvalue weighted by Crippen LogP contribution is 2.35. The van der Waals surface area contributed by atoms with E-state index in [9.17, 15) is 0 Å². The molecule has 88 valence electrons. The van der Waals surface area contributed by atoms with Gasteiger partial charge < -0.3 is 10.1 Å². The number of methoxy groups -OCH3 is 1. The van der Waals surface area contributed by atoms with Crippen LogP contribution >= 0.6 is 11.6 Å². The number of benzene rings is 1. The molecule has 0 spiro atoms. The number of halogens is 1. The fourth-order valence-corrected chi connectivity index (χ4v) is 2.57. The summed E-state index contributed by atoms with van der Waals surface area (Å²) in [6.45, 7) is 0.995. The van der Waals surface area contributed by atoms with Crippen molar-refractivity contribution in [3.63, 3.8) is 0 Å². The second-order valence-corrected chi connectivity index (χ2v) is 4.53. The Hall–Kier alpha value is -1.48. The molecule has 1 aliphatic heterocycles. The van der Waals surface area contributed by atoms with Gasteiger partial charge in [-0.05, 0) is 25.0 Å². The summed E-state index contributed by atoms with van der Waals surface area (Å²) < 4.78 is 5.20. The van der Waals surface area contributed by atoms with Crippen LogP contribution in [0.2, 0.25) is 5.15 Å². The first-order chi connectivity index (χ1) is 8.29. The summed E-state index contributed by atoms with van der Waals surface area (Å²) in [7, 11) is 1.65. The molecule has 1 aromatic heterocycles. The second kappa shape index (κ2) is 4.08. The number of hydrogen-bond donors (Lipinski definition) is 1. The molecule has 1 aliphatic rings. The second-order valence-electron chi connectivity index (χ2n) is 4.17. The average Bonchev–Trinajstić information content (AvgIpc) is 2.38. The van der Waals surface area contributed by atoms with Crippen molar-refractivity contribution in [1.82, 2.24) is 4.98 Å². The average molecular weight is 249 g/mol. The minimum Gasteiger partial charge on any atom is -0.497 e. The lowest BCUT2D eigenvalue weighted by Crippen LogP contribution is -2.13. The summed E-state index contributed by atoms with van der Waals surface area (Å²) in [5, 5.41) is 5.14. The number of anilines is 1. The van der Waals surface area contributed by atoms with E-state index in [-0.39, 0.29) is 0 Å². The van der Waals surface area contributed by atoms with Crippen LogP contribution in [-0.4, -0.2) is 18.6 Å². The molecule has 0 radical (unpaired) electrons. The molecule has 0 saturated carbocycles. The monoisotopic (exact) mass is 248 g/mol. The number of fused-ring (bicyclic) bond motifs is 3. The van der Waals surface area contributed by atoms with E-state index in [1.165, 1.54) is 0 Å². The molecule has 0 saturated heterocycles. The third-order valence-corrected chi connectivity index (χ3v) is 3.46. The van der Waals surface area contributed by atoms with Crippen molar-refractivity contribution >= 4 is 28.2 Å². The van der Waals surface area contributed by atoms with Crippen molar-refractivity contribution in [2.24, 2.45) is 0 Å². The molecule has 17 heavy (non-hydrogen) atoms. The van der Waals surface area contributed by atoms with Gasteiger partial charge in [0, 0.05) is 29.2 Å². The highest BCUT2D eigenvalue weighted by Gasteiger charge is 2.17. The lowest BCUT2D eigenvalue weighted by atomic mass is 10.0. The molecule has 0 fully saturated rings. The van der Waals surface area contributed by atoms with Crippen LogP contribution in [0.1, 0.15) is 12.0 Å². The first-order valence-electron chi connectivity index (χ1n) is 5.69. The van der Waals surface area contributed by atoms with E-state index in [4.69, 9.17) is 16.3 Å². The van der Waals surface area contributed by atoms with Gasteiger partial charge in [0.15, 0.2) is 0 Å². The van der Waals surface area contributed by atoms with Crippen LogP contribution < -0.4 is 10.1 Å². The molecule has 0 bridgehead atoms. The molecule has 3 nitrogen and oxygen atoms in total. The minimum absolute atomic E-state index is 0.605. The van der Waals surface area contributed by atoms with Crippen LogP contribution in [0.5, 0.6) is 5.75 Å². The SMILES string of the molecule is COc1ccc2c3c(c(Cl)nc2c1)CCCN3. The Bertz CT molecular complexity index is 583. The molecule has 1 aromatic carbocycles. The number of ether oxygens (including phenoxy) is 1. The van der Waals surface area contributed by atoms with Crippen LogP contribution in [0.15, 0.2) is 18.2 Å². The van der Waals surface area contributed by atoms with Crippen molar-refractivity contribution in [3.05, 3.63) is 28.9 Å². The van der Waals surface area contributed by atoms with Gasteiger partial charge in [0.25, 0.3) is 0 Å². The molecule has 3 rings (SSSR count). The van der Waals surface area contributed by atoms with E-state index in [0.29, 0.717) is 5.15 Å². The summed E-state index contributed by atoms with van der Waals surface area (Å²) in [6.07, 6.45) is 2.10. The standard InChI is InChI=1S/C13H13ClN2O/c1-17-8-4-5-9-11(7-8)16-13(14)10-3-2-6-15-12(9)10/h4-5,7,15H,2-3,6H2,1H3. The number of nitrogens with zero attached hydrogens (tertiary/aromatic N) is 1. The Morgan fingerprint density at radius 2 is 2.29 bits per heavy atom. The Balaban J connectivity index is 2.30. The molecule has 4 heteroatoms. The van der Waals surface area contributed by atoms with Crippen molar-refractivity contribution in [2.75, 3.05) is 19.0 Å². The Kier molecular flexibility index (Phi) is 2.56. The largest absolute Gasteiger partial charge is 0.497 e. The minimum atomic E-state index is 0.605. The molecule has 1 N–H and O–H groups in total. The van der Waals surface area contributed by atoms with Gasteiger partial charge in [-0.2, -0.15) is 0 Å². The van der Waals surface area contributed by atoms with Gasteiger partial charge in [-0.3, -0.25) is 0 Å². The van der Waals surface area contributed by atoms with Crippen molar-refractivity contribution in [2.45, 2.75) is 12.8 Å². The van der Waals surface area contributed by atoms with Gasteiger partial charge in [-0.1, -0.05) is 11.6 Å². The summed E-state index contributed by atoms with van der Waals surface area (Å²) in [5.74, 6) is 0.803. The third kappa shape index (κ3) is 1.71. The predicted molar refractivity (Wildman–Crippen MR) is 70.1 cm³/mol. The molecule has 2 aromatic rings. The summed E-state index contributed by atoms with van der Waals surface area (Å²) >= 11 is 6.22. The maximum Gasteiger partial charge on any atom is 0.135 e. The highest BCUT2D eigenvalue weighted by molar-refractivity contribution is 6.31. The van der Waals surface area contributed by atoms with Gasteiger partial charge in [-0.25, -0.2) is 4.98 Å². The van der Waals surface area contributed by atoms with E-state index in [2.05, 4.69) is 10.3 Å². The quantitative estimate of drug-likeness (QED) is 0.787. The van der Waals surface area contributed by atoms with Gasteiger partial charge in [0.05, 0.1) is 12.6 Å². The zero-order chi connectivity index (χ0) is 11.8. The van der Waals surface area contributed by atoms with E-state index < -0.39 is 0 Å². The lowest BCUT2D eigenvalue weighted by molar-refractivity contribution is 0.415. The normalized spacial score (nSPS) is 14.2. The third-order valence-electron chi connectivity index (χ3n) is 3.15. The zero-order valence-electron chi connectivity index (χ0n) is 9.59. The van der Waals surface area contributed by atoms with Crippen LogP contribution in [0.3, 0.4) is 0 Å². The molecule has 0 unspecified atom stereocenters. The smallest absolute Gasteiger partial charge is 0.135 e. The van der Waals surface area contributed by atoms with Crippen molar-refractivity contribution < 1.29 is 4.74 Å². The predicted octanol–water partition coefficient (Wildman–Crippen LogP) is 3.25. The van der Waals surface area contributed by atoms with Crippen molar-refractivity contribution in [1.29, 1.82) is 0 Å². The van der Waals surface area contributed by atoms with Gasteiger partial charge in [0.1, 0.15) is 10.9 Å². The number of hydrogen-bond acceptors (Lipinski definition) is 3. The Morgan fingerprint density at radius 3 is 3.12 bits per heavy atom. The Labute approximate surface area is 105 Å². The van der Waals surface area contributed by atoms with Crippen molar-refractivity contribution in [3.8, 4) is 5.75 Å². The van der Waals surface area contributed by atoms with Crippen LogP contribution in [0, 0.1) is 0 Å². The van der Waals surface area contributed by atoms with Gasteiger partial charge in [-0.15, -0.1) is 0 Å². The van der Waals surface area contributed by atoms with E-state index >= 15 is 0 Å². The number of pyridine rings is 1.